The van der Waals surface area contributed by atoms with Crippen molar-refractivity contribution >= 4 is 241 Å². The Balaban J connectivity index is 0.000000103. The molecule has 0 aliphatic carbocycles. The average Bonchev–Trinajstić information content (AvgIpc) is 1.54. The molecule has 0 saturated carbocycles. The molecule has 0 spiro atoms. The Kier molecular flexibility index (Phi) is 16.9. The van der Waals surface area contributed by atoms with Crippen LogP contribution in [0.5, 0.6) is 0 Å². The number of nitrogens with zero attached hydrogens (tertiary/aromatic N) is 6. The standard InChI is InChI=1S/C44H27N3O2.C44H28N2O.C35H23NO/c1-24-21-25(2)23-27(22-24)39-43-40(37-28-12-4-3-11-26(28)19-20-35(37)49-43)46-44(45-39)47-33-17-9-7-15-31(33)38-41(47)30-14-6-5-13-29(30)36-32-16-8-10-18-34(32)48-42(36)38;1-3-14-32(15-4-1)45(33-16-5-2-6-17-33)35-22-25-40-37(28-35)43-41(47-40)26-24-39-44(43)42-36-18-10-9-12-30(36)20-23-38(42)46(39)34-21-19-29-11-7-8-13-31(29)27-34;1-2-10-22-17-19-29-28(21-22)32-33-31-25-14-7-6-11-23(25)18-20-30(31)37-35(33)27-16-9-8-15-26(27)34(32)36(29)24-12-4-3-5-13-24/h3-23H,1-2H3;1-28H;2-21H,1H3/b;;10-2+. The van der Waals surface area contributed by atoms with Crippen molar-refractivity contribution < 1.29 is 17.7 Å². The quantitative estimate of drug-likeness (QED) is 0.149. The second-order valence-electron chi connectivity index (χ2n) is 35.0. The summed E-state index contributed by atoms with van der Waals surface area (Å²) in [6.45, 7) is 6.32. The number of hydrogen-bond donors (Lipinski definition) is 0. The summed E-state index contributed by atoms with van der Waals surface area (Å²) >= 11 is 0. The van der Waals surface area contributed by atoms with E-state index in [1.165, 1.54) is 103 Å². The van der Waals surface area contributed by atoms with Crippen LogP contribution >= 0.6 is 0 Å². The number of para-hydroxylation sites is 5. The van der Waals surface area contributed by atoms with Gasteiger partial charge in [0.05, 0.1) is 43.9 Å². The highest BCUT2D eigenvalue weighted by Gasteiger charge is 2.30. The molecule has 10 heteroatoms. The fraction of sp³-hybridized carbons (Fsp3) is 0.0244. The lowest BCUT2D eigenvalue weighted by Gasteiger charge is -2.25. The first-order chi connectivity index (χ1) is 65.8. The minimum absolute atomic E-state index is 0.587. The zero-order chi connectivity index (χ0) is 87.8. The van der Waals surface area contributed by atoms with Crippen LogP contribution in [0.25, 0.3) is 253 Å². The third kappa shape index (κ3) is 11.6. The maximum atomic E-state index is 6.75. The molecule has 0 aliphatic rings. The van der Waals surface area contributed by atoms with E-state index in [0.29, 0.717) is 11.5 Å². The van der Waals surface area contributed by atoms with E-state index in [1.807, 2.05) is 6.07 Å². The van der Waals surface area contributed by atoms with Gasteiger partial charge in [-0.15, -0.1) is 0 Å². The highest BCUT2D eigenvalue weighted by atomic mass is 16.3. The Morgan fingerprint density at radius 1 is 0.256 bits per heavy atom. The summed E-state index contributed by atoms with van der Waals surface area (Å²) in [4.78, 5) is 13.2. The molecule has 0 N–H and O–H groups in total. The molecule has 10 nitrogen and oxygen atoms in total. The van der Waals surface area contributed by atoms with E-state index in [0.717, 1.165) is 165 Å². The molecule has 21 aromatic carbocycles. The van der Waals surface area contributed by atoms with Gasteiger partial charge in [-0.25, -0.2) is 9.97 Å². The summed E-state index contributed by atoms with van der Waals surface area (Å²) in [5.41, 5.74) is 25.4. The second-order valence-corrected chi connectivity index (χ2v) is 35.0. The lowest BCUT2D eigenvalue weighted by atomic mass is 9.96. The van der Waals surface area contributed by atoms with Gasteiger partial charge in [0, 0.05) is 109 Å². The highest BCUT2D eigenvalue weighted by molar-refractivity contribution is 6.40. The number of anilines is 3. The van der Waals surface area contributed by atoms with Gasteiger partial charge in [0.2, 0.25) is 5.95 Å². The first kappa shape index (κ1) is 75.5. The molecule has 0 radical (unpaired) electrons. The van der Waals surface area contributed by atoms with Gasteiger partial charge in [-0.1, -0.05) is 296 Å². The number of furan rings is 4. The lowest BCUT2D eigenvalue weighted by molar-refractivity contribution is 0.666. The summed E-state index contributed by atoms with van der Waals surface area (Å²) < 4.78 is 33.8. The Morgan fingerprint density at radius 2 is 0.752 bits per heavy atom. The molecule has 0 aliphatic heterocycles. The predicted octanol–water partition coefficient (Wildman–Crippen LogP) is 34.4. The molecule has 0 fully saturated rings. The second kappa shape index (κ2) is 29.7. The van der Waals surface area contributed by atoms with Crippen LogP contribution in [0.1, 0.15) is 23.6 Å². The molecule has 0 saturated heterocycles. The van der Waals surface area contributed by atoms with Crippen molar-refractivity contribution in [3.05, 3.63) is 429 Å². The third-order valence-electron chi connectivity index (χ3n) is 27.2. The average molecular weight is 1700 g/mol. The molecule has 133 heavy (non-hydrogen) atoms. The van der Waals surface area contributed by atoms with Crippen LogP contribution in [0.4, 0.5) is 17.1 Å². The maximum Gasteiger partial charge on any atom is 0.236 e. The SMILES string of the molecule is C/C=C/c1ccc2c(c1)c1c3c(oc4ccc5ccccc5c43)c3ccccc3c1n2-c1ccccc1.Cc1cc(C)cc(-c2nc(-n3c4ccccc4c4c5oc6ccccc6c5c5ccccc5c43)nc3c2oc2ccc4ccccc4c23)c1.c1ccc(N(c2ccccc2)c2ccc3oc4ccc5c(c4c3c2)c2c3ccccc3ccc2n5-c2ccc3ccccc3c2)cc1. The van der Waals surface area contributed by atoms with Crippen LogP contribution < -0.4 is 4.90 Å². The highest BCUT2D eigenvalue weighted by Crippen LogP contribution is 2.52. The van der Waals surface area contributed by atoms with Gasteiger partial charge in [-0.05, 0) is 208 Å². The largest absolute Gasteiger partial charge is 0.456 e. The maximum absolute atomic E-state index is 6.75. The van der Waals surface area contributed by atoms with Crippen LogP contribution in [-0.2, 0) is 0 Å². The number of fused-ring (bicyclic) bond motifs is 37. The van der Waals surface area contributed by atoms with Crippen molar-refractivity contribution in [3.63, 3.8) is 0 Å². The first-order valence-corrected chi connectivity index (χ1v) is 45.3. The first-order valence-electron chi connectivity index (χ1n) is 45.3. The molecule has 0 unspecified atom stereocenters. The van der Waals surface area contributed by atoms with E-state index in [9.17, 15) is 0 Å². The number of rotatable bonds is 8. The zero-order valence-electron chi connectivity index (χ0n) is 72.7. The summed E-state index contributed by atoms with van der Waals surface area (Å²) in [6, 6.07) is 144. The molecular weight excluding hydrogens is 1630 g/mol. The van der Waals surface area contributed by atoms with Crippen LogP contribution in [-0.4, -0.2) is 23.7 Å². The van der Waals surface area contributed by atoms with Crippen molar-refractivity contribution in [2.75, 3.05) is 4.90 Å². The normalized spacial score (nSPS) is 12.1. The Labute approximate surface area is 760 Å². The smallest absolute Gasteiger partial charge is 0.236 e. The van der Waals surface area contributed by atoms with Crippen molar-refractivity contribution in [1.29, 1.82) is 0 Å². The Morgan fingerprint density at radius 3 is 1.47 bits per heavy atom. The molecule has 0 bridgehead atoms. The van der Waals surface area contributed by atoms with E-state index in [1.54, 1.807) is 0 Å². The summed E-state index contributed by atoms with van der Waals surface area (Å²) in [5, 5.41) is 29.1. The Bertz CT molecular complexity index is 9920. The van der Waals surface area contributed by atoms with Crippen LogP contribution in [0, 0.1) is 13.8 Å². The van der Waals surface area contributed by atoms with Crippen molar-refractivity contribution in [1.82, 2.24) is 23.7 Å². The number of hydrogen-bond acceptors (Lipinski definition) is 7. The van der Waals surface area contributed by atoms with Gasteiger partial charge in [0.25, 0.3) is 0 Å². The zero-order valence-corrected chi connectivity index (χ0v) is 72.7. The number of allylic oxidation sites excluding steroid dienone is 1. The van der Waals surface area contributed by atoms with Crippen molar-refractivity contribution in [2.45, 2.75) is 20.8 Å². The summed E-state index contributed by atoms with van der Waals surface area (Å²) in [6.07, 6.45) is 4.27. The number of benzene rings is 21. The molecule has 29 rings (SSSR count). The molecule has 0 amide bonds. The lowest BCUT2D eigenvalue weighted by Crippen LogP contribution is -2.09. The molecule has 29 aromatic rings. The van der Waals surface area contributed by atoms with E-state index in [2.05, 4.69) is 452 Å². The predicted molar refractivity (Wildman–Crippen MR) is 556 cm³/mol. The number of aryl methyl sites for hydroxylation is 2. The fourth-order valence-corrected chi connectivity index (χ4v) is 21.7. The monoisotopic (exact) mass is 1700 g/mol. The third-order valence-corrected chi connectivity index (χ3v) is 27.2. The van der Waals surface area contributed by atoms with E-state index in [-0.39, 0.29) is 0 Å². The van der Waals surface area contributed by atoms with Crippen LogP contribution in [0.2, 0.25) is 0 Å². The van der Waals surface area contributed by atoms with Crippen LogP contribution in [0.3, 0.4) is 0 Å². The molecular formula is C123H78N6O4. The van der Waals surface area contributed by atoms with Gasteiger partial charge in [0.1, 0.15) is 50.3 Å². The van der Waals surface area contributed by atoms with E-state index < -0.39 is 0 Å². The summed E-state index contributed by atoms with van der Waals surface area (Å²) in [7, 11) is 0. The van der Waals surface area contributed by atoms with Gasteiger partial charge in [-0.2, -0.15) is 0 Å². The summed E-state index contributed by atoms with van der Waals surface area (Å²) in [5.74, 6) is 0.587. The van der Waals surface area contributed by atoms with Crippen LogP contribution in [0.15, 0.2) is 430 Å². The van der Waals surface area contributed by atoms with Gasteiger partial charge in [0.15, 0.2) is 5.58 Å². The molecule has 624 valence electrons. The van der Waals surface area contributed by atoms with E-state index in [4.69, 9.17) is 27.6 Å². The fourth-order valence-electron chi connectivity index (χ4n) is 21.7. The van der Waals surface area contributed by atoms with Crippen molar-refractivity contribution in [3.8, 4) is 28.6 Å². The van der Waals surface area contributed by atoms with Gasteiger partial charge >= 0.3 is 0 Å². The van der Waals surface area contributed by atoms with Gasteiger partial charge in [-0.3, -0.25) is 4.57 Å². The van der Waals surface area contributed by atoms with E-state index >= 15 is 0 Å². The number of aromatic nitrogens is 5. The van der Waals surface area contributed by atoms with Crippen molar-refractivity contribution in [2.24, 2.45) is 0 Å². The Hall–Kier alpha value is -17.6. The molecule has 0 atom stereocenters. The van der Waals surface area contributed by atoms with Gasteiger partial charge < -0.3 is 31.7 Å². The molecule has 8 aromatic heterocycles. The topological polar surface area (TPSA) is 96.4 Å². The minimum Gasteiger partial charge on any atom is -0.456 e. The molecule has 8 heterocycles. The minimum atomic E-state index is 0.587.